The average molecular weight is 206 g/mol. The van der Waals surface area contributed by atoms with Crippen LogP contribution in [-0.2, 0) is 4.79 Å². The molecule has 0 aliphatic heterocycles. The minimum absolute atomic E-state index is 0.0967. The quantitative estimate of drug-likeness (QED) is 0.709. The van der Waals surface area contributed by atoms with E-state index in [-0.39, 0.29) is 5.91 Å². The molecule has 0 bridgehead atoms. The van der Waals surface area contributed by atoms with Crippen molar-refractivity contribution in [1.29, 1.82) is 5.26 Å². The highest BCUT2D eigenvalue weighted by atomic mass is 16.2. The summed E-state index contributed by atoms with van der Waals surface area (Å²) in [5.74, 6) is 0.0967. The lowest BCUT2D eigenvalue weighted by molar-refractivity contribution is -0.137. The largest absolute Gasteiger partial charge is 0.339 e. The number of carbonyl (C=O) groups excluding carboxylic acids is 1. The molecule has 0 unspecified atom stereocenters. The Morgan fingerprint density at radius 1 is 1.47 bits per heavy atom. The zero-order valence-corrected chi connectivity index (χ0v) is 9.33. The molecule has 2 aliphatic rings. The van der Waals surface area contributed by atoms with Gasteiger partial charge < -0.3 is 4.90 Å². The molecule has 2 saturated carbocycles. The number of nitriles is 1. The maximum Gasteiger partial charge on any atom is 0.243 e. The Bertz CT molecular complexity index is 295. The number of carbonyl (C=O) groups is 1. The van der Waals surface area contributed by atoms with E-state index in [2.05, 4.69) is 6.07 Å². The van der Waals surface area contributed by atoms with Crippen molar-refractivity contribution in [3.05, 3.63) is 0 Å². The summed E-state index contributed by atoms with van der Waals surface area (Å²) in [5, 5.41) is 9.02. The third-order valence-corrected chi connectivity index (χ3v) is 3.74. The fourth-order valence-corrected chi connectivity index (χ4v) is 2.56. The van der Waals surface area contributed by atoms with E-state index in [9.17, 15) is 4.79 Å². The van der Waals surface area contributed by atoms with Gasteiger partial charge in [-0.15, -0.1) is 0 Å². The minimum atomic E-state index is -0.626. The van der Waals surface area contributed by atoms with Crippen LogP contribution in [0.4, 0.5) is 0 Å². The van der Waals surface area contributed by atoms with E-state index in [1.165, 1.54) is 12.8 Å². The molecule has 2 fully saturated rings. The van der Waals surface area contributed by atoms with Gasteiger partial charge in [0.25, 0.3) is 0 Å². The molecule has 15 heavy (non-hydrogen) atoms. The van der Waals surface area contributed by atoms with Gasteiger partial charge in [-0.2, -0.15) is 5.26 Å². The van der Waals surface area contributed by atoms with E-state index < -0.39 is 5.41 Å². The standard InChI is InChI=1S/C12H18N2O/c1-2-14(10-5-3-4-6-10)11(15)12(9-13)7-8-12/h10H,2-8H2,1H3. The second-order valence-corrected chi connectivity index (χ2v) is 4.72. The summed E-state index contributed by atoms with van der Waals surface area (Å²) >= 11 is 0. The summed E-state index contributed by atoms with van der Waals surface area (Å²) in [7, 11) is 0. The molecular formula is C12H18N2O. The number of nitrogens with zero attached hydrogens (tertiary/aromatic N) is 2. The molecule has 3 heteroatoms. The lowest BCUT2D eigenvalue weighted by atomic mass is 10.1. The van der Waals surface area contributed by atoms with E-state index in [0.29, 0.717) is 6.04 Å². The van der Waals surface area contributed by atoms with Crippen molar-refractivity contribution in [3.63, 3.8) is 0 Å². The normalized spacial score (nSPS) is 23.5. The highest BCUT2D eigenvalue weighted by Gasteiger charge is 2.53. The molecule has 0 N–H and O–H groups in total. The first-order chi connectivity index (χ1) is 7.23. The third-order valence-electron chi connectivity index (χ3n) is 3.74. The molecule has 82 valence electrons. The molecule has 0 aromatic heterocycles. The Kier molecular flexibility index (Phi) is 2.68. The van der Waals surface area contributed by atoms with Gasteiger partial charge in [0.05, 0.1) is 6.07 Å². The number of hydrogen-bond donors (Lipinski definition) is 0. The van der Waals surface area contributed by atoms with E-state index in [0.717, 1.165) is 32.2 Å². The van der Waals surface area contributed by atoms with Crippen molar-refractivity contribution < 1.29 is 4.79 Å². The minimum Gasteiger partial charge on any atom is -0.339 e. The van der Waals surface area contributed by atoms with Gasteiger partial charge in [0.2, 0.25) is 5.91 Å². The van der Waals surface area contributed by atoms with Crippen molar-refractivity contribution in [3.8, 4) is 6.07 Å². The van der Waals surface area contributed by atoms with Crippen LogP contribution in [0.15, 0.2) is 0 Å². The predicted molar refractivity (Wildman–Crippen MR) is 56.9 cm³/mol. The highest BCUT2D eigenvalue weighted by Crippen LogP contribution is 2.47. The SMILES string of the molecule is CCN(C(=O)C1(C#N)CC1)C1CCCC1. The lowest BCUT2D eigenvalue weighted by Gasteiger charge is -2.29. The van der Waals surface area contributed by atoms with Crippen LogP contribution in [0.1, 0.15) is 45.4 Å². The second kappa shape index (κ2) is 3.84. The Hall–Kier alpha value is -1.04. The number of amides is 1. The topological polar surface area (TPSA) is 44.1 Å². The van der Waals surface area contributed by atoms with Crippen LogP contribution in [0, 0.1) is 16.7 Å². The molecule has 1 amide bonds. The van der Waals surface area contributed by atoms with Gasteiger partial charge in [-0.25, -0.2) is 0 Å². The van der Waals surface area contributed by atoms with Crippen LogP contribution in [0.3, 0.4) is 0 Å². The van der Waals surface area contributed by atoms with Gasteiger partial charge in [0.15, 0.2) is 0 Å². The van der Waals surface area contributed by atoms with Crippen LogP contribution in [-0.4, -0.2) is 23.4 Å². The van der Waals surface area contributed by atoms with Gasteiger partial charge in [-0.05, 0) is 32.6 Å². The van der Waals surface area contributed by atoms with Crippen molar-refractivity contribution in [2.75, 3.05) is 6.54 Å². The third kappa shape index (κ3) is 1.73. The maximum absolute atomic E-state index is 12.2. The Morgan fingerprint density at radius 2 is 2.07 bits per heavy atom. The molecule has 0 heterocycles. The van der Waals surface area contributed by atoms with Gasteiger partial charge in [-0.3, -0.25) is 4.79 Å². The molecular weight excluding hydrogens is 188 g/mol. The fourth-order valence-electron chi connectivity index (χ4n) is 2.56. The van der Waals surface area contributed by atoms with E-state index in [1.54, 1.807) is 0 Å². The Balaban J connectivity index is 2.06. The molecule has 2 aliphatic carbocycles. The van der Waals surface area contributed by atoms with Gasteiger partial charge in [0.1, 0.15) is 5.41 Å². The van der Waals surface area contributed by atoms with Crippen LogP contribution < -0.4 is 0 Å². The molecule has 0 radical (unpaired) electrons. The fraction of sp³-hybridized carbons (Fsp3) is 0.833. The zero-order chi connectivity index (χ0) is 10.9. The second-order valence-electron chi connectivity index (χ2n) is 4.72. The monoisotopic (exact) mass is 206 g/mol. The first-order valence-corrected chi connectivity index (χ1v) is 5.96. The molecule has 0 saturated heterocycles. The van der Waals surface area contributed by atoms with Crippen LogP contribution >= 0.6 is 0 Å². The van der Waals surface area contributed by atoms with Gasteiger partial charge >= 0.3 is 0 Å². The van der Waals surface area contributed by atoms with E-state index in [4.69, 9.17) is 5.26 Å². The van der Waals surface area contributed by atoms with Crippen LogP contribution in [0.25, 0.3) is 0 Å². The van der Waals surface area contributed by atoms with Crippen molar-refractivity contribution in [1.82, 2.24) is 4.90 Å². The highest BCUT2D eigenvalue weighted by molar-refractivity contribution is 5.88. The summed E-state index contributed by atoms with van der Waals surface area (Å²) in [6.45, 7) is 2.77. The summed E-state index contributed by atoms with van der Waals surface area (Å²) in [6.07, 6.45) is 6.25. The van der Waals surface area contributed by atoms with Crippen molar-refractivity contribution in [2.24, 2.45) is 5.41 Å². The first kappa shape index (κ1) is 10.5. The van der Waals surface area contributed by atoms with Crippen molar-refractivity contribution in [2.45, 2.75) is 51.5 Å². The van der Waals surface area contributed by atoms with Crippen LogP contribution in [0.5, 0.6) is 0 Å². The molecule has 0 atom stereocenters. The molecule has 0 spiro atoms. The Morgan fingerprint density at radius 3 is 2.47 bits per heavy atom. The summed E-state index contributed by atoms with van der Waals surface area (Å²) < 4.78 is 0. The summed E-state index contributed by atoms with van der Waals surface area (Å²) in [5.41, 5.74) is -0.626. The van der Waals surface area contributed by atoms with Crippen LogP contribution in [0.2, 0.25) is 0 Å². The summed E-state index contributed by atoms with van der Waals surface area (Å²) in [4.78, 5) is 14.1. The predicted octanol–water partition coefficient (Wildman–Crippen LogP) is 2.08. The first-order valence-electron chi connectivity index (χ1n) is 5.96. The molecule has 3 nitrogen and oxygen atoms in total. The lowest BCUT2D eigenvalue weighted by Crippen LogP contribution is -2.42. The molecule has 0 aromatic rings. The Labute approximate surface area is 91.1 Å². The smallest absolute Gasteiger partial charge is 0.243 e. The average Bonchev–Trinajstić information content (AvgIpc) is 2.89. The molecule has 0 aromatic carbocycles. The number of hydrogen-bond acceptors (Lipinski definition) is 2. The van der Waals surface area contributed by atoms with Gasteiger partial charge in [0, 0.05) is 12.6 Å². The van der Waals surface area contributed by atoms with Crippen molar-refractivity contribution >= 4 is 5.91 Å². The maximum atomic E-state index is 12.2. The molecule has 2 rings (SSSR count). The summed E-state index contributed by atoms with van der Waals surface area (Å²) in [6, 6.07) is 2.61. The number of rotatable bonds is 3. The van der Waals surface area contributed by atoms with E-state index in [1.807, 2.05) is 11.8 Å². The van der Waals surface area contributed by atoms with E-state index >= 15 is 0 Å². The zero-order valence-electron chi connectivity index (χ0n) is 9.33. The van der Waals surface area contributed by atoms with Gasteiger partial charge in [-0.1, -0.05) is 12.8 Å².